The average Bonchev–Trinajstić information content (AvgIpc) is 2.79. The number of hydrogen-bond acceptors (Lipinski definition) is 4. The van der Waals surface area contributed by atoms with Crippen molar-refractivity contribution in [3.63, 3.8) is 0 Å². The summed E-state index contributed by atoms with van der Waals surface area (Å²) in [7, 11) is 0. The lowest BCUT2D eigenvalue weighted by Crippen LogP contribution is -2.05. The number of nitrogens with one attached hydrogen (secondary N) is 1. The minimum Gasteiger partial charge on any atom is -0.462 e. The van der Waals surface area contributed by atoms with Gasteiger partial charge in [0.15, 0.2) is 0 Å². The second-order valence-electron chi connectivity index (χ2n) is 3.79. The number of hydrogen-bond donors (Lipinski definition) is 1. The number of rotatable bonds is 4. The van der Waals surface area contributed by atoms with Crippen LogP contribution in [-0.2, 0) is 4.74 Å². The summed E-state index contributed by atoms with van der Waals surface area (Å²) in [6.07, 6.45) is 3.81. The standard InChI is InChI=1S/C13H12N2O4/c1-2-19-13(16)10-4-3-5-11-12(10)9(8-14-11)6-7-15(17)18/h3-8,14H,2H2,1H3/b7-6+. The number of carbonyl (C=O) groups is 1. The Bertz CT molecular complexity index is 658. The Balaban J connectivity index is 2.55. The van der Waals surface area contributed by atoms with Crippen molar-refractivity contribution in [2.24, 2.45) is 0 Å². The molecule has 1 aromatic heterocycles. The lowest BCUT2D eigenvalue weighted by atomic mass is 10.1. The van der Waals surface area contributed by atoms with E-state index in [4.69, 9.17) is 4.74 Å². The number of carbonyl (C=O) groups excluding carboxylic acids is 1. The zero-order valence-corrected chi connectivity index (χ0v) is 10.3. The van der Waals surface area contributed by atoms with Gasteiger partial charge in [0.05, 0.1) is 17.1 Å². The lowest BCUT2D eigenvalue weighted by Gasteiger charge is -2.03. The van der Waals surface area contributed by atoms with Gasteiger partial charge in [0, 0.05) is 28.7 Å². The number of nitrogens with zero attached hydrogens (tertiary/aromatic N) is 1. The third kappa shape index (κ3) is 2.62. The number of ether oxygens (including phenoxy) is 1. The number of benzene rings is 1. The van der Waals surface area contributed by atoms with Crippen molar-refractivity contribution in [2.45, 2.75) is 6.92 Å². The second-order valence-corrected chi connectivity index (χ2v) is 3.79. The maximum Gasteiger partial charge on any atom is 0.338 e. The highest BCUT2D eigenvalue weighted by Gasteiger charge is 2.14. The number of aromatic amines is 1. The predicted octanol–water partition coefficient (Wildman–Crippen LogP) is 2.59. The quantitative estimate of drug-likeness (QED) is 0.520. The Hall–Kier alpha value is -2.63. The highest BCUT2D eigenvalue weighted by molar-refractivity contribution is 6.07. The van der Waals surface area contributed by atoms with Crippen molar-refractivity contribution in [2.75, 3.05) is 6.61 Å². The molecule has 0 saturated heterocycles. The van der Waals surface area contributed by atoms with Crippen LogP contribution in [0.25, 0.3) is 17.0 Å². The van der Waals surface area contributed by atoms with Gasteiger partial charge in [-0.2, -0.15) is 0 Å². The van der Waals surface area contributed by atoms with Crippen molar-refractivity contribution in [3.8, 4) is 0 Å². The van der Waals surface area contributed by atoms with Crippen molar-refractivity contribution < 1.29 is 14.5 Å². The molecule has 0 amide bonds. The van der Waals surface area contributed by atoms with E-state index in [1.54, 1.807) is 31.3 Å². The monoisotopic (exact) mass is 260 g/mol. The molecule has 6 heteroatoms. The summed E-state index contributed by atoms with van der Waals surface area (Å²) in [5.74, 6) is -0.441. The molecule has 2 rings (SSSR count). The highest BCUT2D eigenvalue weighted by Crippen LogP contribution is 2.24. The Morgan fingerprint density at radius 1 is 1.53 bits per heavy atom. The molecule has 98 valence electrons. The molecule has 6 nitrogen and oxygen atoms in total. The van der Waals surface area contributed by atoms with Crippen LogP contribution >= 0.6 is 0 Å². The lowest BCUT2D eigenvalue weighted by molar-refractivity contribution is -0.400. The molecule has 0 unspecified atom stereocenters. The van der Waals surface area contributed by atoms with Crippen LogP contribution in [0.5, 0.6) is 0 Å². The second kappa shape index (κ2) is 5.34. The van der Waals surface area contributed by atoms with Crippen LogP contribution in [0.1, 0.15) is 22.8 Å². The van der Waals surface area contributed by atoms with Crippen molar-refractivity contribution >= 4 is 22.9 Å². The van der Waals surface area contributed by atoms with Gasteiger partial charge in [0.25, 0.3) is 0 Å². The van der Waals surface area contributed by atoms with E-state index < -0.39 is 10.9 Å². The molecule has 1 heterocycles. The third-order valence-electron chi connectivity index (χ3n) is 2.61. The van der Waals surface area contributed by atoms with Crippen molar-refractivity contribution in [3.05, 3.63) is 51.8 Å². The van der Waals surface area contributed by atoms with Gasteiger partial charge < -0.3 is 9.72 Å². The average molecular weight is 260 g/mol. The molecule has 0 saturated carbocycles. The fourth-order valence-electron chi connectivity index (χ4n) is 1.86. The summed E-state index contributed by atoms with van der Waals surface area (Å²) in [6, 6.07) is 5.16. The van der Waals surface area contributed by atoms with Crippen LogP contribution < -0.4 is 0 Å². The molecule has 0 spiro atoms. The van der Waals surface area contributed by atoms with Gasteiger partial charge in [0.2, 0.25) is 6.20 Å². The first-order valence-electron chi connectivity index (χ1n) is 5.72. The van der Waals surface area contributed by atoms with Gasteiger partial charge in [0.1, 0.15) is 0 Å². The van der Waals surface area contributed by atoms with E-state index in [1.807, 2.05) is 0 Å². The fourth-order valence-corrected chi connectivity index (χ4v) is 1.86. The number of nitro groups is 1. The number of fused-ring (bicyclic) bond motifs is 1. The van der Waals surface area contributed by atoms with Gasteiger partial charge in [-0.25, -0.2) is 4.79 Å². The fraction of sp³-hybridized carbons (Fsp3) is 0.154. The predicted molar refractivity (Wildman–Crippen MR) is 70.3 cm³/mol. The van der Waals surface area contributed by atoms with Crippen LogP contribution in [0.2, 0.25) is 0 Å². The minimum atomic E-state index is -0.550. The zero-order valence-electron chi connectivity index (χ0n) is 10.3. The normalized spacial score (nSPS) is 11.0. The van der Waals surface area contributed by atoms with E-state index in [2.05, 4.69) is 4.98 Å². The first-order chi connectivity index (χ1) is 9.13. The van der Waals surface area contributed by atoms with Gasteiger partial charge in [-0.15, -0.1) is 0 Å². The molecule has 2 aromatic rings. The summed E-state index contributed by atoms with van der Waals surface area (Å²) in [4.78, 5) is 24.6. The molecule has 0 fully saturated rings. The van der Waals surface area contributed by atoms with Crippen LogP contribution in [-0.4, -0.2) is 22.5 Å². The molecular weight excluding hydrogens is 248 g/mol. The molecule has 0 aliphatic heterocycles. The van der Waals surface area contributed by atoms with Crippen LogP contribution in [0.3, 0.4) is 0 Å². The largest absolute Gasteiger partial charge is 0.462 e. The summed E-state index contributed by atoms with van der Waals surface area (Å²) in [5, 5.41) is 11.0. The Kier molecular flexibility index (Phi) is 3.61. The van der Waals surface area contributed by atoms with Gasteiger partial charge in [-0.3, -0.25) is 10.1 Å². The molecule has 1 aromatic carbocycles. The third-order valence-corrected chi connectivity index (χ3v) is 2.61. The Labute approximate surface area is 108 Å². The molecule has 1 N–H and O–H groups in total. The van der Waals surface area contributed by atoms with E-state index in [9.17, 15) is 14.9 Å². The van der Waals surface area contributed by atoms with Gasteiger partial charge in [-0.1, -0.05) is 6.07 Å². The number of aromatic nitrogens is 1. The molecule has 0 radical (unpaired) electrons. The molecule has 0 bridgehead atoms. The SMILES string of the molecule is CCOC(=O)c1cccc2[nH]cc(/C=C/[N+](=O)[O-])c12. The van der Waals surface area contributed by atoms with Crippen molar-refractivity contribution in [1.82, 2.24) is 4.98 Å². The minimum absolute atomic E-state index is 0.277. The van der Waals surface area contributed by atoms with E-state index in [-0.39, 0.29) is 6.61 Å². The highest BCUT2D eigenvalue weighted by atomic mass is 16.6. The van der Waals surface area contributed by atoms with Crippen LogP contribution in [0.4, 0.5) is 0 Å². The van der Waals surface area contributed by atoms with E-state index in [0.717, 1.165) is 11.7 Å². The summed E-state index contributed by atoms with van der Waals surface area (Å²) in [5.41, 5.74) is 1.70. The summed E-state index contributed by atoms with van der Waals surface area (Å²) < 4.78 is 4.98. The van der Waals surface area contributed by atoms with E-state index in [0.29, 0.717) is 16.5 Å². The maximum atomic E-state index is 11.9. The maximum absolute atomic E-state index is 11.9. The topological polar surface area (TPSA) is 85.2 Å². The summed E-state index contributed by atoms with van der Waals surface area (Å²) in [6.45, 7) is 2.00. The molecule has 0 atom stereocenters. The number of H-pyrrole nitrogens is 1. The molecule has 0 aliphatic rings. The van der Waals surface area contributed by atoms with Crippen molar-refractivity contribution in [1.29, 1.82) is 0 Å². The number of esters is 1. The Morgan fingerprint density at radius 2 is 2.32 bits per heavy atom. The first-order valence-corrected chi connectivity index (χ1v) is 5.72. The molecular formula is C13H12N2O4. The van der Waals surface area contributed by atoms with Gasteiger partial charge >= 0.3 is 5.97 Å². The molecule has 0 aliphatic carbocycles. The van der Waals surface area contributed by atoms with E-state index in [1.165, 1.54) is 6.08 Å². The van der Waals surface area contributed by atoms with Crippen LogP contribution in [0.15, 0.2) is 30.6 Å². The zero-order chi connectivity index (χ0) is 13.8. The smallest absolute Gasteiger partial charge is 0.338 e. The summed E-state index contributed by atoms with van der Waals surface area (Å²) >= 11 is 0. The molecule has 19 heavy (non-hydrogen) atoms. The van der Waals surface area contributed by atoms with Crippen LogP contribution in [0, 0.1) is 10.1 Å². The first kappa shape index (κ1) is 12.8. The van der Waals surface area contributed by atoms with Gasteiger partial charge in [-0.05, 0) is 19.1 Å². The van der Waals surface area contributed by atoms with E-state index >= 15 is 0 Å². The Morgan fingerprint density at radius 3 is 3.00 bits per heavy atom.